The number of nitrogens with two attached hydrogens (primary N) is 1. The average molecular weight is 173 g/mol. The highest BCUT2D eigenvalue weighted by Crippen LogP contribution is 2.28. The Bertz CT molecular complexity index is 183. The van der Waals surface area contributed by atoms with Crippen LogP contribution < -0.4 is 5.73 Å². The highest BCUT2D eigenvalue weighted by molar-refractivity contribution is 5.77. The zero-order chi connectivity index (χ0) is 9.19. The molecule has 1 aliphatic heterocycles. The van der Waals surface area contributed by atoms with Gasteiger partial charge < -0.3 is 15.2 Å². The second-order valence-electron chi connectivity index (χ2n) is 3.36. The molecule has 4 nitrogen and oxygen atoms in total. The van der Waals surface area contributed by atoms with E-state index < -0.39 is 5.41 Å². The molecular formula is C8H15NO3. The topological polar surface area (TPSA) is 61.5 Å². The highest BCUT2D eigenvalue weighted by Gasteiger charge is 2.43. The maximum absolute atomic E-state index is 11.3. The van der Waals surface area contributed by atoms with Crippen molar-refractivity contribution in [2.24, 2.45) is 11.1 Å². The monoisotopic (exact) mass is 173 g/mol. The lowest BCUT2D eigenvalue weighted by atomic mass is 9.80. The van der Waals surface area contributed by atoms with Crippen molar-refractivity contribution in [2.45, 2.75) is 19.4 Å². The first-order valence-corrected chi connectivity index (χ1v) is 4.03. The Morgan fingerprint density at radius 3 is 2.92 bits per heavy atom. The van der Waals surface area contributed by atoms with Crippen molar-refractivity contribution in [1.29, 1.82) is 0 Å². The van der Waals surface area contributed by atoms with Gasteiger partial charge in [0.05, 0.1) is 13.7 Å². The van der Waals surface area contributed by atoms with Gasteiger partial charge in [0.2, 0.25) is 0 Å². The van der Waals surface area contributed by atoms with E-state index in [1.54, 1.807) is 6.92 Å². The van der Waals surface area contributed by atoms with Crippen molar-refractivity contribution in [3.05, 3.63) is 0 Å². The Balaban J connectivity index is 2.72. The highest BCUT2D eigenvalue weighted by atomic mass is 16.5. The fourth-order valence-corrected chi connectivity index (χ4v) is 1.36. The fourth-order valence-electron chi connectivity index (χ4n) is 1.36. The van der Waals surface area contributed by atoms with E-state index in [-0.39, 0.29) is 12.0 Å². The largest absolute Gasteiger partial charge is 0.468 e. The normalized spacial score (nSPS) is 36.1. The number of hydrogen-bond acceptors (Lipinski definition) is 4. The van der Waals surface area contributed by atoms with Crippen LogP contribution in [0.25, 0.3) is 0 Å². The van der Waals surface area contributed by atoms with E-state index >= 15 is 0 Å². The van der Waals surface area contributed by atoms with Gasteiger partial charge in [-0.25, -0.2) is 0 Å². The van der Waals surface area contributed by atoms with Gasteiger partial charge in [-0.05, 0) is 13.3 Å². The van der Waals surface area contributed by atoms with E-state index in [1.807, 2.05) is 0 Å². The van der Waals surface area contributed by atoms with Crippen LogP contribution in [-0.4, -0.2) is 32.3 Å². The van der Waals surface area contributed by atoms with Gasteiger partial charge in [-0.15, -0.1) is 0 Å². The molecule has 0 aromatic carbocycles. The Labute approximate surface area is 72.0 Å². The SMILES string of the molecule is COC(=O)C1(C)COCCC1N. The number of esters is 1. The molecule has 0 saturated carbocycles. The molecule has 0 spiro atoms. The number of carbonyl (C=O) groups is 1. The van der Waals surface area contributed by atoms with Crippen LogP contribution in [0, 0.1) is 5.41 Å². The molecule has 2 atom stereocenters. The summed E-state index contributed by atoms with van der Waals surface area (Å²) in [5.74, 6) is -0.283. The third-order valence-corrected chi connectivity index (χ3v) is 2.45. The molecule has 12 heavy (non-hydrogen) atoms. The maximum atomic E-state index is 11.3. The van der Waals surface area contributed by atoms with E-state index in [2.05, 4.69) is 4.74 Å². The summed E-state index contributed by atoms with van der Waals surface area (Å²) >= 11 is 0. The van der Waals surface area contributed by atoms with Gasteiger partial charge in [0, 0.05) is 12.6 Å². The molecule has 1 aliphatic rings. The lowest BCUT2D eigenvalue weighted by Crippen LogP contribution is -2.52. The summed E-state index contributed by atoms with van der Waals surface area (Å²) < 4.78 is 9.86. The zero-order valence-electron chi connectivity index (χ0n) is 7.50. The Morgan fingerprint density at radius 2 is 2.42 bits per heavy atom. The predicted molar refractivity (Wildman–Crippen MR) is 43.5 cm³/mol. The van der Waals surface area contributed by atoms with Gasteiger partial charge in [0.1, 0.15) is 5.41 Å². The van der Waals surface area contributed by atoms with Gasteiger partial charge >= 0.3 is 5.97 Å². The molecule has 2 N–H and O–H groups in total. The number of carbonyl (C=O) groups excluding carboxylic acids is 1. The molecule has 0 radical (unpaired) electrons. The van der Waals surface area contributed by atoms with Gasteiger partial charge in [-0.3, -0.25) is 4.79 Å². The lowest BCUT2D eigenvalue weighted by Gasteiger charge is -2.36. The van der Waals surface area contributed by atoms with Gasteiger partial charge in [0.15, 0.2) is 0 Å². The molecule has 0 bridgehead atoms. The maximum Gasteiger partial charge on any atom is 0.315 e. The van der Waals surface area contributed by atoms with E-state index in [9.17, 15) is 4.79 Å². The van der Waals surface area contributed by atoms with Crippen LogP contribution in [0.5, 0.6) is 0 Å². The summed E-state index contributed by atoms with van der Waals surface area (Å²) in [6, 6.07) is -0.154. The Hall–Kier alpha value is -0.610. The fraction of sp³-hybridized carbons (Fsp3) is 0.875. The average Bonchev–Trinajstić information content (AvgIpc) is 2.09. The van der Waals surface area contributed by atoms with Crippen molar-refractivity contribution in [1.82, 2.24) is 0 Å². The van der Waals surface area contributed by atoms with Crippen LogP contribution in [-0.2, 0) is 14.3 Å². The van der Waals surface area contributed by atoms with Gasteiger partial charge in [-0.2, -0.15) is 0 Å². The third-order valence-electron chi connectivity index (χ3n) is 2.45. The van der Waals surface area contributed by atoms with E-state index in [0.29, 0.717) is 19.6 Å². The second kappa shape index (κ2) is 3.41. The molecule has 0 amide bonds. The van der Waals surface area contributed by atoms with Crippen LogP contribution in [0.2, 0.25) is 0 Å². The van der Waals surface area contributed by atoms with Crippen molar-refractivity contribution < 1.29 is 14.3 Å². The van der Waals surface area contributed by atoms with E-state index in [1.165, 1.54) is 7.11 Å². The van der Waals surface area contributed by atoms with E-state index in [4.69, 9.17) is 10.5 Å². The molecule has 0 aromatic rings. The van der Waals surface area contributed by atoms with E-state index in [0.717, 1.165) is 0 Å². The first kappa shape index (κ1) is 9.48. The zero-order valence-corrected chi connectivity index (χ0v) is 7.50. The van der Waals surface area contributed by atoms with Gasteiger partial charge in [-0.1, -0.05) is 0 Å². The molecule has 0 aliphatic carbocycles. The van der Waals surface area contributed by atoms with Crippen LogP contribution in [0.15, 0.2) is 0 Å². The van der Waals surface area contributed by atoms with Crippen molar-refractivity contribution in [3.63, 3.8) is 0 Å². The molecule has 1 fully saturated rings. The Morgan fingerprint density at radius 1 is 1.75 bits per heavy atom. The molecule has 2 unspecified atom stereocenters. The van der Waals surface area contributed by atoms with Crippen LogP contribution in [0.3, 0.4) is 0 Å². The summed E-state index contributed by atoms with van der Waals surface area (Å²) in [6.45, 7) is 2.78. The number of methoxy groups -OCH3 is 1. The van der Waals surface area contributed by atoms with Crippen molar-refractivity contribution in [3.8, 4) is 0 Å². The first-order chi connectivity index (χ1) is 5.61. The third kappa shape index (κ3) is 1.44. The van der Waals surface area contributed by atoms with Crippen molar-refractivity contribution in [2.75, 3.05) is 20.3 Å². The predicted octanol–water partition coefficient (Wildman–Crippen LogP) is -0.0867. The first-order valence-electron chi connectivity index (χ1n) is 4.03. The van der Waals surface area contributed by atoms with Crippen LogP contribution in [0.4, 0.5) is 0 Å². The molecule has 1 rings (SSSR count). The minimum absolute atomic E-state index is 0.154. The molecular weight excluding hydrogens is 158 g/mol. The molecule has 4 heteroatoms. The number of ether oxygens (including phenoxy) is 2. The molecule has 1 heterocycles. The number of hydrogen-bond donors (Lipinski definition) is 1. The van der Waals surface area contributed by atoms with Crippen molar-refractivity contribution >= 4 is 5.97 Å². The second-order valence-corrected chi connectivity index (χ2v) is 3.36. The summed E-state index contributed by atoms with van der Waals surface area (Å²) in [6.07, 6.45) is 0.714. The quantitative estimate of drug-likeness (QED) is 0.563. The minimum Gasteiger partial charge on any atom is -0.468 e. The summed E-state index contributed by atoms with van der Waals surface area (Å²) in [5, 5.41) is 0. The molecule has 1 saturated heterocycles. The van der Waals surface area contributed by atoms with Crippen LogP contribution in [0.1, 0.15) is 13.3 Å². The summed E-state index contributed by atoms with van der Waals surface area (Å²) in [5.41, 5.74) is 5.15. The lowest BCUT2D eigenvalue weighted by molar-refractivity contribution is -0.161. The number of rotatable bonds is 1. The van der Waals surface area contributed by atoms with Crippen LogP contribution >= 0.6 is 0 Å². The standard InChI is InChI=1S/C8H15NO3/c1-8(7(10)11-2)5-12-4-3-6(8)9/h6H,3-5,9H2,1-2H3. The molecule has 0 aromatic heterocycles. The summed E-state index contributed by atoms with van der Waals surface area (Å²) in [4.78, 5) is 11.3. The van der Waals surface area contributed by atoms with Gasteiger partial charge in [0.25, 0.3) is 0 Å². The minimum atomic E-state index is -0.660. The summed E-state index contributed by atoms with van der Waals surface area (Å²) in [7, 11) is 1.37. The Kier molecular flexibility index (Phi) is 2.69. The molecule has 70 valence electrons. The smallest absolute Gasteiger partial charge is 0.315 e.